The van der Waals surface area contributed by atoms with Crippen molar-refractivity contribution >= 4 is 33.4 Å². The Morgan fingerprint density at radius 2 is 1.53 bits per heavy atom. The Hall–Kier alpha value is -3.72. The molecule has 30 heavy (non-hydrogen) atoms. The lowest BCUT2D eigenvalue weighted by Gasteiger charge is -1.93. The number of aromatic nitrogens is 3. The first-order valence-corrected chi connectivity index (χ1v) is 10.1. The third-order valence-corrected chi connectivity index (χ3v) is 5.33. The maximum Gasteiger partial charge on any atom is 0.301 e. The number of azo groups is 2. The molecule has 0 spiro atoms. The van der Waals surface area contributed by atoms with Crippen LogP contribution < -0.4 is 5.56 Å². The van der Waals surface area contributed by atoms with Crippen LogP contribution in [0.15, 0.2) is 79.8 Å². The number of hydrogen-bond donors (Lipinski definition) is 1. The number of H-pyrrole nitrogens is 1. The zero-order chi connectivity index (χ0) is 21.1. The van der Waals surface area contributed by atoms with Crippen LogP contribution in [0.4, 0.5) is 22.1 Å². The van der Waals surface area contributed by atoms with E-state index >= 15 is 0 Å². The summed E-state index contributed by atoms with van der Waals surface area (Å²) >= 11 is 1.27. The van der Waals surface area contributed by atoms with Gasteiger partial charge in [0.25, 0.3) is 0 Å². The minimum atomic E-state index is -0.317. The molecular weight excluding hydrogens is 398 g/mol. The molecular formula is C21H19N7OS. The van der Waals surface area contributed by atoms with Crippen molar-refractivity contribution in [2.45, 2.75) is 20.8 Å². The summed E-state index contributed by atoms with van der Waals surface area (Å²) < 4.78 is 1.36. The molecule has 2 aromatic heterocycles. The molecule has 150 valence electrons. The van der Waals surface area contributed by atoms with Crippen LogP contribution in [0.3, 0.4) is 0 Å². The van der Waals surface area contributed by atoms with Gasteiger partial charge < -0.3 is 0 Å². The first-order valence-electron chi connectivity index (χ1n) is 9.26. The molecule has 0 aliphatic carbocycles. The quantitative estimate of drug-likeness (QED) is 0.381. The molecule has 4 aromatic rings. The second-order valence-corrected chi connectivity index (χ2v) is 7.64. The van der Waals surface area contributed by atoms with Crippen LogP contribution in [0, 0.1) is 20.8 Å². The van der Waals surface area contributed by atoms with E-state index in [4.69, 9.17) is 0 Å². The van der Waals surface area contributed by atoms with Crippen LogP contribution in [-0.4, -0.2) is 14.8 Å². The van der Waals surface area contributed by atoms with Gasteiger partial charge in [-0.15, -0.1) is 15.3 Å². The van der Waals surface area contributed by atoms with Crippen molar-refractivity contribution < 1.29 is 0 Å². The normalized spacial score (nSPS) is 11.7. The number of thiazole rings is 1. The molecule has 0 radical (unpaired) electrons. The summed E-state index contributed by atoms with van der Waals surface area (Å²) in [5, 5.41) is 20.9. The number of nitrogens with one attached hydrogen (secondary N) is 1. The Labute approximate surface area is 176 Å². The van der Waals surface area contributed by atoms with Crippen molar-refractivity contribution in [3.05, 3.63) is 81.9 Å². The molecule has 2 heterocycles. The highest BCUT2D eigenvalue weighted by atomic mass is 32.1. The fraction of sp³-hybridized carbons (Fsp3) is 0.143. The van der Waals surface area contributed by atoms with Gasteiger partial charge >= 0.3 is 5.56 Å². The monoisotopic (exact) mass is 417 g/mol. The van der Waals surface area contributed by atoms with Crippen LogP contribution >= 0.6 is 11.3 Å². The molecule has 9 heteroatoms. The number of nitrogens with zero attached hydrogens (tertiary/aromatic N) is 6. The van der Waals surface area contributed by atoms with E-state index in [-0.39, 0.29) is 11.2 Å². The van der Waals surface area contributed by atoms with Crippen molar-refractivity contribution in [1.82, 2.24) is 14.8 Å². The Kier molecular flexibility index (Phi) is 5.44. The van der Waals surface area contributed by atoms with E-state index in [0.29, 0.717) is 27.2 Å². The average Bonchev–Trinajstić information content (AvgIpc) is 3.25. The lowest BCUT2D eigenvalue weighted by atomic mass is 10.2. The zero-order valence-corrected chi connectivity index (χ0v) is 17.5. The van der Waals surface area contributed by atoms with Gasteiger partial charge in [0.1, 0.15) is 0 Å². The smallest absolute Gasteiger partial charge is 0.291 e. The van der Waals surface area contributed by atoms with E-state index in [2.05, 4.69) is 30.5 Å². The van der Waals surface area contributed by atoms with E-state index in [1.807, 2.05) is 68.4 Å². The fourth-order valence-electron chi connectivity index (χ4n) is 2.67. The molecule has 0 aliphatic rings. The first-order chi connectivity index (χ1) is 14.5. The van der Waals surface area contributed by atoms with Gasteiger partial charge in [-0.3, -0.25) is 9.89 Å². The zero-order valence-electron chi connectivity index (χ0n) is 16.7. The molecule has 4 rings (SSSR count). The molecule has 0 aliphatic heterocycles. The number of benzene rings is 2. The minimum Gasteiger partial charge on any atom is -0.291 e. The summed E-state index contributed by atoms with van der Waals surface area (Å²) in [4.78, 5) is 17.3. The van der Waals surface area contributed by atoms with Gasteiger partial charge in [-0.05, 0) is 45.0 Å². The summed E-state index contributed by atoms with van der Waals surface area (Å²) in [6.45, 7) is 5.63. The van der Waals surface area contributed by atoms with Crippen LogP contribution in [-0.2, 0) is 0 Å². The minimum absolute atomic E-state index is 0.245. The largest absolute Gasteiger partial charge is 0.301 e. The third-order valence-electron chi connectivity index (χ3n) is 4.30. The average molecular weight is 417 g/mol. The predicted octanol–water partition coefficient (Wildman–Crippen LogP) is 6.38. The van der Waals surface area contributed by atoms with Gasteiger partial charge in [-0.25, -0.2) is 4.98 Å². The highest BCUT2D eigenvalue weighted by Gasteiger charge is 2.16. The summed E-state index contributed by atoms with van der Waals surface area (Å²) in [6.07, 6.45) is 0. The maximum absolute atomic E-state index is 12.8. The van der Waals surface area contributed by atoms with Crippen LogP contribution in [0.2, 0.25) is 0 Å². The molecule has 0 fully saturated rings. The predicted molar refractivity (Wildman–Crippen MR) is 118 cm³/mol. The second kappa shape index (κ2) is 8.34. The van der Waals surface area contributed by atoms with Gasteiger partial charge in [0.2, 0.25) is 5.13 Å². The molecule has 8 nitrogen and oxygen atoms in total. The molecule has 0 atom stereocenters. The summed E-state index contributed by atoms with van der Waals surface area (Å²) in [5.74, 6) is 0. The number of aryl methyl sites for hydroxylation is 3. The molecule has 0 bridgehead atoms. The lowest BCUT2D eigenvalue weighted by Crippen LogP contribution is -2.13. The molecule has 2 aromatic carbocycles. The standard InChI is InChI=1S/C21H19N7OS/c1-13-9-11-17(12-10-13)24-26-19-15(3)22-21(30-19)28-20(29)18(14(2)27-28)25-23-16-7-5-4-6-8-16/h4-12,27H,1-3H3. The Morgan fingerprint density at radius 1 is 0.867 bits per heavy atom. The van der Waals surface area contributed by atoms with Crippen molar-refractivity contribution in [2.24, 2.45) is 20.5 Å². The van der Waals surface area contributed by atoms with Crippen LogP contribution in [0.25, 0.3) is 5.13 Å². The van der Waals surface area contributed by atoms with E-state index in [1.54, 1.807) is 6.92 Å². The topological polar surface area (TPSA) is 100 Å². The van der Waals surface area contributed by atoms with E-state index in [1.165, 1.54) is 16.0 Å². The van der Waals surface area contributed by atoms with E-state index in [9.17, 15) is 4.79 Å². The Bertz CT molecular complexity index is 1280. The van der Waals surface area contributed by atoms with E-state index in [0.717, 1.165) is 11.3 Å². The first kappa shape index (κ1) is 19.6. The number of rotatable bonds is 5. The molecule has 0 saturated heterocycles. The van der Waals surface area contributed by atoms with Gasteiger partial charge in [-0.2, -0.15) is 9.80 Å². The molecule has 0 unspecified atom stereocenters. The summed E-state index contributed by atoms with van der Waals surface area (Å²) in [5.41, 5.74) is 3.82. The molecule has 0 amide bonds. The summed E-state index contributed by atoms with van der Waals surface area (Å²) in [6, 6.07) is 17.0. The lowest BCUT2D eigenvalue weighted by molar-refractivity contribution is 0.823. The number of aromatic amines is 1. The summed E-state index contributed by atoms with van der Waals surface area (Å²) in [7, 11) is 0. The van der Waals surface area contributed by atoms with Crippen molar-refractivity contribution in [3.63, 3.8) is 0 Å². The van der Waals surface area contributed by atoms with Gasteiger partial charge in [-0.1, -0.05) is 47.2 Å². The maximum atomic E-state index is 12.8. The number of hydrogen-bond acceptors (Lipinski definition) is 7. The van der Waals surface area contributed by atoms with Crippen LogP contribution in [0.5, 0.6) is 0 Å². The Balaban J connectivity index is 1.62. The van der Waals surface area contributed by atoms with Crippen molar-refractivity contribution in [3.8, 4) is 5.13 Å². The van der Waals surface area contributed by atoms with Crippen molar-refractivity contribution in [1.29, 1.82) is 0 Å². The SMILES string of the molecule is Cc1ccc(N=Nc2sc(-n3[nH]c(C)c(N=Nc4ccccc4)c3=O)nc2C)cc1. The van der Waals surface area contributed by atoms with Crippen LogP contribution in [0.1, 0.15) is 17.0 Å². The second-order valence-electron chi connectivity index (χ2n) is 6.68. The highest BCUT2D eigenvalue weighted by Crippen LogP contribution is 2.31. The Morgan fingerprint density at radius 3 is 2.27 bits per heavy atom. The third kappa shape index (κ3) is 4.15. The molecule has 1 N–H and O–H groups in total. The highest BCUT2D eigenvalue weighted by molar-refractivity contribution is 7.17. The molecule has 0 saturated carbocycles. The fourth-order valence-corrected chi connectivity index (χ4v) is 3.52. The van der Waals surface area contributed by atoms with Gasteiger partial charge in [0.15, 0.2) is 10.7 Å². The van der Waals surface area contributed by atoms with Gasteiger partial charge in [0.05, 0.1) is 22.8 Å². The van der Waals surface area contributed by atoms with E-state index < -0.39 is 0 Å². The van der Waals surface area contributed by atoms with Gasteiger partial charge in [0, 0.05) is 0 Å². The van der Waals surface area contributed by atoms with Crippen molar-refractivity contribution in [2.75, 3.05) is 0 Å².